The molecule has 1 aliphatic carbocycles. The molecule has 0 bridgehead atoms. The van der Waals surface area contributed by atoms with Crippen molar-refractivity contribution in [3.63, 3.8) is 0 Å². The second kappa shape index (κ2) is 7.81. The van der Waals surface area contributed by atoms with E-state index in [4.69, 9.17) is 10.7 Å². The summed E-state index contributed by atoms with van der Waals surface area (Å²) in [6.07, 6.45) is 10.6. The normalized spacial score (nSPS) is 23.9. The molecule has 31 heavy (non-hydrogen) atoms. The van der Waals surface area contributed by atoms with Crippen LogP contribution in [0.15, 0.2) is 36.6 Å². The first-order valence-corrected chi connectivity index (χ1v) is 10.8. The predicted octanol–water partition coefficient (Wildman–Crippen LogP) is 1.11. The Kier molecular flexibility index (Phi) is 4.97. The number of aldehydes is 1. The van der Waals surface area contributed by atoms with E-state index in [9.17, 15) is 9.59 Å². The molecule has 5 rings (SSSR count). The van der Waals surface area contributed by atoms with Crippen molar-refractivity contribution in [1.29, 1.82) is 0 Å². The summed E-state index contributed by atoms with van der Waals surface area (Å²) >= 11 is 0. The van der Waals surface area contributed by atoms with Crippen LogP contribution in [0.1, 0.15) is 36.1 Å². The summed E-state index contributed by atoms with van der Waals surface area (Å²) in [7, 11) is 0. The number of aromatic nitrogens is 3. The van der Waals surface area contributed by atoms with Crippen LogP contribution in [-0.2, 0) is 28.1 Å². The topological polar surface area (TPSA) is 120 Å². The smallest absolute Gasteiger partial charge is 0.241 e. The van der Waals surface area contributed by atoms with Gasteiger partial charge in [0.15, 0.2) is 6.29 Å². The molecule has 4 N–H and O–H groups in total. The molecular weight excluding hydrogens is 394 g/mol. The first kappa shape index (κ1) is 19.7. The van der Waals surface area contributed by atoms with E-state index >= 15 is 0 Å². The number of rotatable bonds is 7. The van der Waals surface area contributed by atoms with E-state index in [0.717, 1.165) is 30.9 Å². The van der Waals surface area contributed by atoms with Crippen molar-refractivity contribution in [2.75, 3.05) is 25.0 Å². The lowest BCUT2D eigenvalue weighted by Gasteiger charge is -2.39. The Bertz CT molecular complexity index is 1010. The minimum atomic E-state index is -0.819. The van der Waals surface area contributed by atoms with Gasteiger partial charge in [0.2, 0.25) is 11.9 Å². The highest BCUT2D eigenvalue weighted by molar-refractivity contribution is 5.95. The summed E-state index contributed by atoms with van der Waals surface area (Å²) in [5, 5.41) is 3.33. The van der Waals surface area contributed by atoms with Crippen LogP contribution in [0.25, 0.3) is 0 Å². The number of fused-ring (bicyclic) bond motifs is 2. The monoisotopic (exact) mass is 421 g/mol. The van der Waals surface area contributed by atoms with Crippen molar-refractivity contribution < 1.29 is 9.59 Å². The van der Waals surface area contributed by atoms with Gasteiger partial charge in [0, 0.05) is 56.5 Å². The Labute approximate surface area is 180 Å². The van der Waals surface area contributed by atoms with Gasteiger partial charge in [-0.05, 0) is 36.8 Å². The summed E-state index contributed by atoms with van der Waals surface area (Å²) in [6, 6.07) is 2.04. The number of amides is 1. The highest BCUT2D eigenvalue weighted by Crippen LogP contribution is 2.42. The molecule has 2 fully saturated rings. The number of likely N-dealkylation sites (tertiary alicyclic amines) is 1. The van der Waals surface area contributed by atoms with Crippen molar-refractivity contribution >= 4 is 18.1 Å². The lowest BCUT2D eigenvalue weighted by atomic mass is 9.77. The SMILES string of the molecule is NC=C(C=O)N1Cc2cnc(NCC3CC3)nc2C2(CCN(Cc3cc[nH]c3)C2)C1=O. The van der Waals surface area contributed by atoms with Gasteiger partial charge >= 0.3 is 0 Å². The first-order valence-electron chi connectivity index (χ1n) is 10.8. The Morgan fingerprint density at radius 2 is 2.29 bits per heavy atom. The second-order valence-corrected chi connectivity index (χ2v) is 8.75. The molecule has 9 nitrogen and oxygen atoms in total. The molecule has 2 aliphatic heterocycles. The average Bonchev–Trinajstić information content (AvgIpc) is 3.30. The maximum absolute atomic E-state index is 13.8. The number of carbonyl (C=O) groups is 2. The van der Waals surface area contributed by atoms with Crippen molar-refractivity contribution in [2.24, 2.45) is 11.7 Å². The van der Waals surface area contributed by atoms with Gasteiger partial charge < -0.3 is 20.9 Å². The third kappa shape index (κ3) is 3.59. The van der Waals surface area contributed by atoms with E-state index < -0.39 is 5.41 Å². The Hall–Kier alpha value is -3.20. The van der Waals surface area contributed by atoms with Gasteiger partial charge in [-0.1, -0.05) is 0 Å². The molecule has 2 aromatic rings. The van der Waals surface area contributed by atoms with Crippen molar-refractivity contribution in [1.82, 2.24) is 24.8 Å². The van der Waals surface area contributed by atoms with Crippen molar-refractivity contribution in [2.45, 2.75) is 37.8 Å². The number of nitrogens with zero attached hydrogens (tertiary/aromatic N) is 4. The Morgan fingerprint density at radius 3 is 3.00 bits per heavy atom. The molecule has 1 spiro atoms. The molecule has 2 aromatic heterocycles. The molecule has 0 aromatic carbocycles. The first-order chi connectivity index (χ1) is 15.1. The fraction of sp³-hybridized carbons (Fsp3) is 0.455. The van der Waals surface area contributed by atoms with Gasteiger partial charge in [-0.3, -0.25) is 14.5 Å². The third-order valence-corrected chi connectivity index (χ3v) is 6.57. The van der Waals surface area contributed by atoms with E-state index in [-0.39, 0.29) is 18.1 Å². The zero-order valence-electron chi connectivity index (χ0n) is 17.4. The maximum atomic E-state index is 13.8. The van der Waals surface area contributed by atoms with Gasteiger partial charge in [-0.2, -0.15) is 0 Å². The largest absolute Gasteiger partial charge is 0.403 e. The average molecular weight is 422 g/mol. The van der Waals surface area contributed by atoms with E-state index in [1.54, 1.807) is 6.20 Å². The molecule has 1 saturated heterocycles. The fourth-order valence-electron chi connectivity index (χ4n) is 4.69. The number of aromatic amines is 1. The lowest BCUT2D eigenvalue weighted by molar-refractivity contribution is -0.138. The standard InChI is InChI=1S/C22H27N7O2/c23-7-18(13-30)29-12-17-10-26-21(25-9-15-1-2-15)27-19(17)22(20(29)31)4-6-28(14-22)11-16-3-5-24-8-16/h3,5,7-8,10,13,15,24H,1-2,4,6,9,11-12,14,23H2,(H,25,26,27). The third-order valence-electron chi connectivity index (χ3n) is 6.57. The van der Waals surface area contributed by atoms with Crippen LogP contribution >= 0.6 is 0 Å². The number of anilines is 1. The van der Waals surface area contributed by atoms with Crippen LogP contribution in [-0.4, -0.2) is 56.6 Å². The number of nitrogens with two attached hydrogens (primary N) is 1. The quantitative estimate of drug-likeness (QED) is 0.452. The Balaban J connectivity index is 1.50. The number of H-pyrrole nitrogens is 1. The minimum absolute atomic E-state index is 0.118. The summed E-state index contributed by atoms with van der Waals surface area (Å²) in [5.74, 6) is 1.14. The summed E-state index contributed by atoms with van der Waals surface area (Å²) in [4.78, 5) is 41.5. The number of allylic oxidation sites excluding steroid dienone is 1. The number of hydrogen-bond acceptors (Lipinski definition) is 7. The molecule has 3 aliphatic rings. The lowest BCUT2D eigenvalue weighted by Crippen LogP contribution is -2.53. The van der Waals surface area contributed by atoms with Crippen LogP contribution in [0.5, 0.6) is 0 Å². The zero-order valence-corrected chi connectivity index (χ0v) is 17.4. The molecule has 162 valence electrons. The number of carbonyl (C=O) groups excluding carboxylic acids is 2. The maximum Gasteiger partial charge on any atom is 0.241 e. The van der Waals surface area contributed by atoms with E-state index in [2.05, 4.69) is 20.2 Å². The minimum Gasteiger partial charge on any atom is -0.403 e. The van der Waals surface area contributed by atoms with Crippen LogP contribution < -0.4 is 11.1 Å². The van der Waals surface area contributed by atoms with Gasteiger partial charge in [0.1, 0.15) is 5.41 Å². The highest BCUT2D eigenvalue weighted by Gasteiger charge is 2.53. The molecule has 1 saturated carbocycles. The predicted molar refractivity (Wildman–Crippen MR) is 114 cm³/mol. The van der Waals surface area contributed by atoms with Crippen LogP contribution in [0.4, 0.5) is 5.95 Å². The molecular formula is C22H27N7O2. The number of hydrogen-bond donors (Lipinski definition) is 3. The molecule has 1 amide bonds. The van der Waals surface area contributed by atoms with Crippen LogP contribution in [0, 0.1) is 5.92 Å². The number of nitrogens with one attached hydrogen (secondary N) is 2. The summed E-state index contributed by atoms with van der Waals surface area (Å²) in [5.41, 5.74) is 7.82. The Morgan fingerprint density at radius 1 is 1.42 bits per heavy atom. The second-order valence-electron chi connectivity index (χ2n) is 8.75. The molecule has 0 radical (unpaired) electrons. The highest BCUT2D eigenvalue weighted by atomic mass is 16.2. The van der Waals surface area contributed by atoms with E-state index in [0.29, 0.717) is 31.1 Å². The molecule has 4 heterocycles. The van der Waals surface area contributed by atoms with Gasteiger partial charge in [-0.15, -0.1) is 0 Å². The molecule has 9 heteroatoms. The molecule has 1 atom stereocenters. The molecule has 1 unspecified atom stereocenters. The summed E-state index contributed by atoms with van der Waals surface area (Å²) in [6.45, 7) is 3.16. The van der Waals surface area contributed by atoms with Gasteiger partial charge in [-0.25, -0.2) is 9.97 Å². The van der Waals surface area contributed by atoms with Crippen LogP contribution in [0.2, 0.25) is 0 Å². The van der Waals surface area contributed by atoms with Crippen LogP contribution in [0.3, 0.4) is 0 Å². The van der Waals surface area contributed by atoms with Gasteiger partial charge in [0.05, 0.1) is 17.9 Å². The van der Waals surface area contributed by atoms with E-state index in [1.807, 2.05) is 18.5 Å². The summed E-state index contributed by atoms with van der Waals surface area (Å²) < 4.78 is 0. The van der Waals surface area contributed by atoms with Crippen molar-refractivity contribution in [3.05, 3.63) is 53.4 Å². The van der Waals surface area contributed by atoms with Crippen molar-refractivity contribution in [3.8, 4) is 0 Å². The fourth-order valence-corrected chi connectivity index (χ4v) is 4.69. The zero-order chi connectivity index (χ0) is 21.4. The van der Waals surface area contributed by atoms with Gasteiger partial charge in [0.25, 0.3) is 0 Å². The van der Waals surface area contributed by atoms with E-state index in [1.165, 1.54) is 29.5 Å².